The van der Waals surface area contributed by atoms with Crippen molar-refractivity contribution in [3.63, 3.8) is 0 Å². The summed E-state index contributed by atoms with van der Waals surface area (Å²) in [4.78, 5) is 14.6. The molecule has 0 aliphatic carbocycles. The number of hydrogen-bond acceptors (Lipinski definition) is 4. The summed E-state index contributed by atoms with van der Waals surface area (Å²) in [6.07, 6.45) is 4.11. The molecule has 2 aromatic rings. The summed E-state index contributed by atoms with van der Waals surface area (Å²) in [6.45, 7) is 6.18. The lowest BCUT2D eigenvalue weighted by Crippen LogP contribution is -2.36. The van der Waals surface area contributed by atoms with Gasteiger partial charge in [-0.15, -0.1) is 0 Å². The Labute approximate surface area is 154 Å². The number of carbonyl (C=O) groups is 1. The molecule has 0 unspecified atom stereocenters. The first-order chi connectivity index (χ1) is 12.7. The van der Waals surface area contributed by atoms with Gasteiger partial charge in [0, 0.05) is 25.3 Å². The zero-order valence-corrected chi connectivity index (χ0v) is 15.5. The summed E-state index contributed by atoms with van der Waals surface area (Å²) in [5, 5.41) is 7.03. The number of ether oxygens (including phenoxy) is 1. The predicted octanol–water partition coefficient (Wildman–Crippen LogP) is 4.46. The van der Waals surface area contributed by atoms with Gasteiger partial charge in [-0.05, 0) is 32.6 Å². The topological polar surface area (TPSA) is 67.6 Å². The number of aryl methyl sites for hydroxylation is 1. The molecule has 26 heavy (non-hydrogen) atoms. The van der Waals surface area contributed by atoms with E-state index in [1.54, 1.807) is 0 Å². The highest BCUT2D eigenvalue weighted by atomic mass is 16.5. The Bertz CT molecular complexity index is 714. The SMILES string of the molecule is CCCO[C@@H]1CCCN(C(=O)Nc2c(C)noc2-c2ccccc2)CC1. The molecule has 1 N–H and O–H groups in total. The fourth-order valence-corrected chi connectivity index (χ4v) is 3.21. The summed E-state index contributed by atoms with van der Waals surface area (Å²) in [7, 11) is 0. The fraction of sp³-hybridized carbons (Fsp3) is 0.500. The van der Waals surface area contributed by atoms with E-state index in [0.717, 1.165) is 44.4 Å². The van der Waals surface area contributed by atoms with Gasteiger partial charge in [0.1, 0.15) is 11.4 Å². The second kappa shape index (κ2) is 8.85. The Morgan fingerprint density at radius 3 is 2.88 bits per heavy atom. The van der Waals surface area contributed by atoms with Crippen molar-refractivity contribution in [2.24, 2.45) is 0 Å². The van der Waals surface area contributed by atoms with Crippen LogP contribution in [0.5, 0.6) is 0 Å². The first-order valence-corrected chi connectivity index (χ1v) is 9.38. The number of anilines is 1. The average Bonchev–Trinajstić information content (AvgIpc) is 2.87. The zero-order chi connectivity index (χ0) is 18.4. The van der Waals surface area contributed by atoms with Crippen LogP contribution < -0.4 is 5.32 Å². The Balaban J connectivity index is 1.66. The van der Waals surface area contributed by atoms with Crippen LogP contribution in [0.4, 0.5) is 10.5 Å². The van der Waals surface area contributed by atoms with Crippen LogP contribution >= 0.6 is 0 Å². The number of likely N-dealkylation sites (tertiary alicyclic amines) is 1. The van der Waals surface area contributed by atoms with Crippen LogP contribution in [-0.4, -0.2) is 41.9 Å². The van der Waals surface area contributed by atoms with Crippen molar-refractivity contribution in [1.82, 2.24) is 10.1 Å². The van der Waals surface area contributed by atoms with Crippen molar-refractivity contribution in [3.05, 3.63) is 36.0 Å². The molecule has 1 aliphatic rings. The van der Waals surface area contributed by atoms with E-state index in [1.165, 1.54) is 0 Å². The van der Waals surface area contributed by atoms with E-state index >= 15 is 0 Å². The molecular formula is C20H27N3O3. The monoisotopic (exact) mass is 357 g/mol. The Hall–Kier alpha value is -2.34. The lowest BCUT2D eigenvalue weighted by Gasteiger charge is -2.21. The minimum Gasteiger partial charge on any atom is -0.378 e. The smallest absolute Gasteiger partial charge is 0.322 e. The highest BCUT2D eigenvalue weighted by Gasteiger charge is 2.23. The third kappa shape index (κ3) is 4.43. The molecule has 0 radical (unpaired) electrons. The van der Waals surface area contributed by atoms with Gasteiger partial charge in [-0.1, -0.05) is 42.4 Å². The first-order valence-electron chi connectivity index (χ1n) is 9.38. The van der Waals surface area contributed by atoms with Crippen LogP contribution in [-0.2, 0) is 4.74 Å². The molecule has 1 aliphatic heterocycles. The van der Waals surface area contributed by atoms with E-state index in [2.05, 4.69) is 17.4 Å². The Morgan fingerprint density at radius 2 is 2.12 bits per heavy atom. The second-order valence-electron chi connectivity index (χ2n) is 6.68. The molecule has 1 aromatic carbocycles. The number of urea groups is 1. The highest BCUT2D eigenvalue weighted by molar-refractivity contribution is 5.94. The van der Waals surface area contributed by atoms with Crippen molar-refractivity contribution < 1.29 is 14.1 Å². The van der Waals surface area contributed by atoms with Crippen molar-refractivity contribution in [3.8, 4) is 11.3 Å². The molecule has 0 bridgehead atoms. The molecule has 1 saturated heterocycles. The summed E-state index contributed by atoms with van der Waals surface area (Å²) < 4.78 is 11.3. The van der Waals surface area contributed by atoms with Gasteiger partial charge in [0.2, 0.25) is 0 Å². The Kier molecular flexibility index (Phi) is 6.28. The minimum atomic E-state index is -0.107. The zero-order valence-electron chi connectivity index (χ0n) is 15.5. The number of nitrogens with zero attached hydrogens (tertiary/aromatic N) is 2. The van der Waals surface area contributed by atoms with Crippen molar-refractivity contribution in [2.75, 3.05) is 25.0 Å². The molecule has 6 heteroatoms. The van der Waals surface area contributed by atoms with Gasteiger partial charge in [0.15, 0.2) is 5.76 Å². The number of amides is 2. The molecule has 2 heterocycles. The predicted molar refractivity (Wildman–Crippen MR) is 101 cm³/mol. The lowest BCUT2D eigenvalue weighted by atomic mass is 10.1. The summed E-state index contributed by atoms with van der Waals surface area (Å²) in [6, 6.07) is 9.59. The molecule has 6 nitrogen and oxygen atoms in total. The van der Waals surface area contributed by atoms with E-state index in [1.807, 2.05) is 42.2 Å². The number of benzene rings is 1. The van der Waals surface area contributed by atoms with E-state index in [-0.39, 0.29) is 12.1 Å². The van der Waals surface area contributed by atoms with E-state index < -0.39 is 0 Å². The molecule has 1 atom stereocenters. The van der Waals surface area contributed by atoms with Crippen LogP contribution in [0, 0.1) is 6.92 Å². The number of rotatable bonds is 5. The van der Waals surface area contributed by atoms with E-state index in [9.17, 15) is 4.79 Å². The largest absolute Gasteiger partial charge is 0.378 e. The minimum absolute atomic E-state index is 0.107. The quantitative estimate of drug-likeness (QED) is 0.858. The van der Waals surface area contributed by atoms with Gasteiger partial charge in [0.05, 0.1) is 6.10 Å². The van der Waals surface area contributed by atoms with Crippen molar-refractivity contribution >= 4 is 11.7 Å². The molecule has 140 valence electrons. The van der Waals surface area contributed by atoms with Gasteiger partial charge in [-0.2, -0.15) is 0 Å². The van der Waals surface area contributed by atoms with Crippen LogP contribution in [0.25, 0.3) is 11.3 Å². The maximum atomic E-state index is 12.8. The van der Waals surface area contributed by atoms with Crippen LogP contribution in [0.3, 0.4) is 0 Å². The van der Waals surface area contributed by atoms with Crippen molar-refractivity contribution in [2.45, 2.75) is 45.6 Å². The Morgan fingerprint density at radius 1 is 1.31 bits per heavy atom. The molecule has 0 saturated carbocycles. The molecular weight excluding hydrogens is 330 g/mol. The first kappa shape index (κ1) is 18.5. The number of aromatic nitrogens is 1. The van der Waals surface area contributed by atoms with Crippen LogP contribution in [0.2, 0.25) is 0 Å². The van der Waals surface area contributed by atoms with Crippen LogP contribution in [0.1, 0.15) is 38.3 Å². The summed E-state index contributed by atoms with van der Waals surface area (Å²) in [5.41, 5.74) is 2.22. The third-order valence-corrected chi connectivity index (χ3v) is 4.65. The maximum absolute atomic E-state index is 12.8. The highest BCUT2D eigenvalue weighted by Crippen LogP contribution is 2.31. The normalized spacial score (nSPS) is 17.8. The molecule has 2 amide bonds. The van der Waals surface area contributed by atoms with Gasteiger partial charge in [-0.25, -0.2) is 4.79 Å². The van der Waals surface area contributed by atoms with Gasteiger partial charge < -0.3 is 19.5 Å². The lowest BCUT2D eigenvalue weighted by molar-refractivity contribution is 0.0446. The second-order valence-corrected chi connectivity index (χ2v) is 6.68. The molecule has 1 fully saturated rings. The summed E-state index contributed by atoms with van der Waals surface area (Å²) in [5.74, 6) is 0.593. The van der Waals surface area contributed by atoms with Gasteiger partial charge in [-0.3, -0.25) is 0 Å². The molecule has 3 rings (SSSR count). The fourth-order valence-electron chi connectivity index (χ4n) is 3.21. The third-order valence-electron chi connectivity index (χ3n) is 4.65. The van der Waals surface area contributed by atoms with Crippen molar-refractivity contribution in [1.29, 1.82) is 0 Å². The molecule has 1 aromatic heterocycles. The van der Waals surface area contributed by atoms with E-state index in [4.69, 9.17) is 9.26 Å². The molecule has 0 spiro atoms. The standard InChI is InChI=1S/C20H27N3O3/c1-3-14-25-17-10-7-12-23(13-11-17)20(24)21-18-15(2)22-26-19(18)16-8-5-4-6-9-16/h4-6,8-9,17H,3,7,10-14H2,1-2H3,(H,21,24)/t17-/m1/s1. The van der Waals surface area contributed by atoms with Gasteiger partial charge in [0.25, 0.3) is 0 Å². The number of carbonyl (C=O) groups excluding carboxylic acids is 1. The number of nitrogens with one attached hydrogen (secondary N) is 1. The number of hydrogen-bond donors (Lipinski definition) is 1. The maximum Gasteiger partial charge on any atom is 0.322 e. The van der Waals surface area contributed by atoms with E-state index in [0.29, 0.717) is 23.7 Å². The van der Waals surface area contributed by atoms with Gasteiger partial charge >= 0.3 is 6.03 Å². The van der Waals surface area contributed by atoms with Crippen LogP contribution in [0.15, 0.2) is 34.9 Å². The summed E-state index contributed by atoms with van der Waals surface area (Å²) >= 11 is 0. The average molecular weight is 357 g/mol.